The second-order valence-electron chi connectivity index (χ2n) is 5.41. The number of carbonyl (C=O) groups is 3. The van der Waals surface area contributed by atoms with Gasteiger partial charge in [-0.1, -0.05) is 18.2 Å². The molecule has 1 aliphatic heterocycles. The van der Waals surface area contributed by atoms with Crippen molar-refractivity contribution in [2.45, 2.75) is 19.9 Å². The Labute approximate surface area is 133 Å². The van der Waals surface area contributed by atoms with Gasteiger partial charge in [-0.25, -0.2) is 4.98 Å². The molecule has 1 atom stereocenters. The van der Waals surface area contributed by atoms with Gasteiger partial charge < -0.3 is 5.32 Å². The number of anilines is 1. The standard InChI is InChI=1S/C17H15N3O3/c1-10-7-8-14(18-9-10)19-15(21)11(2)20-16(22)12-5-3-4-6-13(12)17(20)23/h3-9,11H,1-2H3,(H,18,19,21)/t11-/m1/s1. The third-order valence-corrected chi connectivity index (χ3v) is 3.75. The molecule has 6 heteroatoms. The highest BCUT2D eigenvalue weighted by Crippen LogP contribution is 2.24. The minimum atomic E-state index is -0.925. The SMILES string of the molecule is Cc1ccc(NC(=O)[C@@H](C)N2C(=O)c3ccccc3C2=O)nc1. The number of amides is 3. The molecule has 6 nitrogen and oxygen atoms in total. The van der Waals surface area contributed by atoms with E-state index in [2.05, 4.69) is 10.3 Å². The highest BCUT2D eigenvalue weighted by Gasteiger charge is 2.40. The van der Waals surface area contributed by atoms with E-state index in [0.717, 1.165) is 10.5 Å². The van der Waals surface area contributed by atoms with Gasteiger partial charge in [-0.3, -0.25) is 19.3 Å². The zero-order chi connectivity index (χ0) is 16.6. The van der Waals surface area contributed by atoms with Crippen LogP contribution in [0.1, 0.15) is 33.2 Å². The molecule has 0 bridgehead atoms. The van der Waals surface area contributed by atoms with Gasteiger partial charge in [0.25, 0.3) is 11.8 Å². The van der Waals surface area contributed by atoms with Crippen LogP contribution >= 0.6 is 0 Å². The Bertz CT molecular complexity index is 764. The van der Waals surface area contributed by atoms with Gasteiger partial charge in [-0.15, -0.1) is 0 Å². The fourth-order valence-electron chi connectivity index (χ4n) is 2.45. The summed E-state index contributed by atoms with van der Waals surface area (Å²) in [5.41, 5.74) is 1.62. The van der Waals surface area contributed by atoms with Gasteiger partial charge in [0.2, 0.25) is 5.91 Å². The van der Waals surface area contributed by atoms with Crippen LogP contribution in [0.25, 0.3) is 0 Å². The van der Waals surface area contributed by atoms with Crippen molar-refractivity contribution in [3.05, 3.63) is 59.3 Å². The molecule has 0 saturated heterocycles. The van der Waals surface area contributed by atoms with Crippen molar-refractivity contribution in [3.8, 4) is 0 Å². The van der Waals surface area contributed by atoms with Crippen LogP contribution < -0.4 is 5.32 Å². The van der Waals surface area contributed by atoms with Gasteiger partial charge in [-0.2, -0.15) is 0 Å². The van der Waals surface area contributed by atoms with E-state index in [1.54, 1.807) is 36.5 Å². The molecular formula is C17H15N3O3. The molecule has 2 heterocycles. The van der Waals surface area contributed by atoms with Crippen molar-refractivity contribution in [2.24, 2.45) is 0 Å². The van der Waals surface area contributed by atoms with Crippen LogP contribution in [0.3, 0.4) is 0 Å². The van der Waals surface area contributed by atoms with Crippen molar-refractivity contribution in [3.63, 3.8) is 0 Å². The summed E-state index contributed by atoms with van der Waals surface area (Å²) in [6.45, 7) is 3.41. The van der Waals surface area contributed by atoms with Crippen molar-refractivity contribution in [2.75, 3.05) is 5.32 Å². The average Bonchev–Trinajstić information content (AvgIpc) is 2.81. The number of nitrogens with zero attached hydrogens (tertiary/aromatic N) is 2. The van der Waals surface area contributed by atoms with E-state index in [9.17, 15) is 14.4 Å². The summed E-state index contributed by atoms with van der Waals surface area (Å²) in [5.74, 6) is -0.991. The number of hydrogen-bond acceptors (Lipinski definition) is 4. The van der Waals surface area contributed by atoms with Crippen LogP contribution in [-0.2, 0) is 4.79 Å². The van der Waals surface area contributed by atoms with Crippen LogP contribution in [0.2, 0.25) is 0 Å². The molecule has 1 aliphatic rings. The third kappa shape index (κ3) is 2.59. The maximum absolute atomic E-state index is 12.4. The average molecular weight is 309 g/mol. The normalized spacial score (nSPS) is 14.6. The van der Waals surface area contributed by atoms with Gasteiger partial charge in [0.05, 0.1) is 11.1 Å². The second-order valence-corrected chi connectivity index (χ2v) is 5.41. The molecule has 0 unspecified atom stereocenters. The van der Waals surface area contributed by atoms with Crippen molar-refractivity contribution < 1.29 is 14.4 Å². The summed E-state index contributed by atoms with van der Waals surface area (Å²) < 4.78 is 0. The van der Waals surface area contributed by atoms with Crippen LogP contribution in [0, 0.1) is 6.92 Å². The smallest absolute Gasteiger partial charge is 0.262 e. The highest BCUT2D eigenvalue weighted by molar-refractivity contribution is 6.23. The lowest BCUT2D eigenvalue weighted by atomic mass is 10.1. The molecule has 0 saturated carbocycles. The fraction of sp³-hybridized carbons (Fsp3) is 0.176. The Morgan fingerprint density at radius 2 is 1.70 bits per heavy atom. The Balaban J connectivity index is 1.79. The van der Waals surface area contributed by atoms with E-state index in [4.69, 9.17) is 0 Å². The number of carbonyl (C=O) groups excluding carboxylic acids is 3. The number of hydrogen-bond donors (Lipinski definition) is 1. The Kier molecular flexibility index (Phi) is 3.65. The van der Waals surface area contributed by atoms with E-state index < -0.39 is 23.8 Å². The summed E-state index contributed by atoms with van der Waals surface area (Å²) in [6.07, 6.45) is 1.63. The molecule has 0 aliphatic carbocycles. The minimum Gasteiger partial charge on any atom is -0.309 e. The van der Waals surface area contributed by atoms with Crippen LogP contribution in [0.15, 0.2) is 42.6 Å². The van der Waals surface area contributed by atoms with Gasteiger partial charge in [-0.05, 0) is 37.6 Å². The second kappa shape index (κ2) is 5.64. The lowest BCUT2D eigenvalue weighted by Crippen LogP contribution is -2.45. The van der Waals surface area contributed by atoms with Gasteiger partial charge in [0, 0.05) is 6.20 Å². The maximum atomic E-state index is 12.4. The molecule has 116 valence electrons. The molecule has 1 aromatic carbocycles. The van der Waals surface area contributed by atoms with Gasteiger partial charge in [0.15, 0.2) is 0 Å². The zero-order valence-corrected chi connectivity index (χ0v) is 12.7. The van der Waals surface area contributed by atoms with Crippen LogP contribution in [0.4, 0.5) is 5.82 Å². The number of benzene rings is 1. The summed E-state index contributed by atoms with van der Waals surface area (Å²) in [6, 6.07) is 9.11. The topological polar surface area (TPSA) is 79.4 Å². The van der Waals surface area contributed by atoms with Crippen molar-refractivity contribution in [1.29, 1.82) is 0 Å². The number of pyridine rings is 1. The Morgan fingerprint density at radius 1 is 1.09 bits per heavy atom. The highest BCUT2D eigenvalue weighted by atomic mass is 16.2. The largest absolute Gasteiger partial charge is 0.309 e. The van der Waals surface area contributed by atoms with Gasteiger partial charge >= 0.3 is 0 Å². The van der Waals surface area contributed by atoms with E-state index >= 15 is 0 Å². The molecule has 3 amide bonds. The first-order valence-corrected chi connectivity index (χ1v) is 7.19. The van der Waals surface area contributed by atoms with E-state index in [0.29, 0.717) is 16.9 Å². The third-order valence-electron chi connectivity index (χ3n) is 3.75. The van der Waals surface area contributed by atoms with E-state index in [1.165, 1.54) is 6.92 Å². The lowest BCUT2D eigenvalue weighted by Gasteiger charge is -2.21. The molecule has 0 radical (unpaired) electrons. The van der Waals surface area contributed by atoms with Crippen LogP contribution in [-0.4, -0.2) is 33.6 Å². The number of imide groups is 1. The molecule has 1 N–H and O–H groups in total. The number of rotatable bonds is 3. The summed E-state index contributed by atoms with van der Waals surface area (Å²) in [7, 11) is 0. The molecule has 2 aromatic rings. The number of aryl methyl sites for hydroxylation is 1. The lowest BCUT2D eigenvalue weighted by molar-refractivity contribution is -0.119. The van der Waals surface area contributed by atoms with Crippen molar-refractivity contribution >= 4 is 23.5 Å². The van der Waals surface area contributed by atoms with Crippen LogP contribution in [0.5, 0.6) is 0 Å². The first-order chi connectivity index (χ1) is 11.0. The molecule has 3 rings (SSSR count). The first kappa shape index (κ1) is 14.9. The van der Waals surface area contributed by atoms with E-state index in [1.807, 2.05) is 13.0 Å². The molecule has 0 fully saturated rings. The molecule has 1 aromatic heterocycles. The quantitative estimate of drug-likeness (QED) is 0.880. The summed E-state index contributed by atoms with van der Waals surface area (Å²) in [5, 5.41) is 2.62. The molecular weight excluding hydrogens is 294 g/mol. The Hall–Kier alpha value is -3.02. The summed E-state index contributed by atoms with van der Waals surface area (Å²) >= 11 is 0. The van der Waals surface area contributed by atoms with Gasteiger partial charge in [0.1, 0.15) is 11.9 Å². The molecule has 23 heavy (non-hydrogen) atoms. The first-order valence-electron chi connectivity index (χ1n) is 7.19. The fourth-order valence-corrected chi connectivity index (χ4v) is 2.45. The Morgan fingerprint density at radius 3 is 2.22 bits per heavy atom. The maximum Gasteiger partial charge on any atom is 0.262 e. The number of aromatic nitrogens is 1. The number of fused-ring (bicyclic) bond motifs is 1. The molecule has 0 spiro atoms. The predicted octanol–water partition coefficient (Wildman–Crippen LogP) is 2.01. The predicted molar refractivity (Wildman–Crippen MR) is 84.0 cm³/mol. The monoisotopic (exact) mass is 309 g/mol. The van der Waals surface area contributed by atoms with Crippen molar-refractivity contribution in [1.82, 2.24) is 9.88 Å². The minimum absolute atomic E-state index is 0.325. The number of nitrogens with one attached hydrogen (secondary N) is 1. The summed E-state index contributed by atoms with van der Waals surface area (Å²) in [4.78, 5) is 42.1. The zero-order valence-electron chi connectivity index (χ0n) is 12.7. The van der Waals surface area contributed by atoms with E-state index in [-0.39, 0.29) is 0 Å².